The Balaban J connectivity index is 2.52. The fourth-order valence-corrected chi connectivity index (χ4v) is 2.92. The molecule has 1 amide bonds. The number of aryl methyl sites for hydroxylation is 2. The fourth-order valence-electron chi connectivity index (χ4n) is 2.92. The van der Waals surface area contributed by atoms with E-state index in [0.717, 1.165) is 12.1 Å². The number of amides is 1. The molecule has 2 unspecified atom stereocenters. The molecule has 1 aromatic rings. The van der Waals surface area contributed by atoms with Crippen LogP contribution in [0.4, 0.5) is 0 Å². The Kier molecular flexibility index (Phi) is 5.37. The van der Waals surface area contributed by atoms with Crippen LogP contribution in [0.15, 0.2) is 6.20 Å². The van der Waals surface area contributed by atoms with E-state index in [9.17, 15) is 4.79 Å². The molecule has 0 aliphatic heterocycles. The van der Waals surface area contributed by atoms with Crippen LogP contribution in [-0.2, 0) is 7.05 Å². The first kappa shape index (κ1) is 16.7. The van der Waals surface area contributed by atoms with Crippen LogP contribution in [0.5, 0.6) is 0 Å². The van der Waals surface area contributed by atoms with Crippen LogP contribution in [0.25, 0.3) is 0 Å². The van der Waals surface area contributed by atoms with Gasteiger partial charge in [-0.15, -0.1) is 0 Å². The molecule has 0 saturated carbocycles. The minimum atomic E-state index is -0.0222. The molecule has 0 bridgehead atoms. The minimum absolute atomic E-state index is 0.0222. The van der Waals surface area contributed by atoms with E-state index >= 15 is 0 Å². The summed E-state index contributed by atoms with van der Waals surface area (Å²) in [7, 11) is 1.83. The molecule has 114 valence electrons. The predicted octanol–water partition coefficient (Wildman–Crippen LogP) is 3.31. The molecule has 0 saturated heterocycles. The topological polar surface area (TPSA) is 46.9 Å². The van der Waals surface area contributed by atoms with E-state index in [0.29, 0.717) is 16.9 Å². The summed E-state index contributed by atoms with van der Waals surface area (Å²) in [6.07, 6.45) is 3.94. The Morgan fingerprint density at radius 3 is 2.45 bits per heavy atom. The largest absolute Gasteiger partial charge is 0.349 e. The van der Waals surface area contributed by atoms with Crippen LogP contribution in [0.3, 0.4) is 0 Å². The second-order valence-corrected chi connectivity index (χ2v) is 7.28. The predicted molar refractivity (Wildman–Crippen MR) is 82.7 cm³/mol. The van der Waals surface area contributed by atoms with Gasteiger partial charge >= 0.3 is 0 Å². The van der Waals surface area contributed by atoms with E-state index in [1.165, 1.54) is 6.42 Å². The van der Waals surface area contributed by atoms with Crippen LogP contribution in [0.2, 0.25) is 0 Å². The van der Waals surface area contributed by atoms with E-state index < -0.39 is 0 Å². The van der Waals surface area contributed by atoms with Gasteiger partial charge in [0.15, 0.2) is 0 Å². The second-order valence-electron chi connectivity index (χ2n) is 7.28. The smallest absolute Gasteiger partial charge is 0.254 e. The van der Waals surface area contributed by atoms with Crippen LogP contribution >= 0.6 is 0 Å². The zero-order valence-electron chi connectivity index (χ0n) is 13.9. The summed E-state index contributed by atoms with van der Waals surface area (Å²) in [6.45, 7) is 13.0. The van der Waals surface area contributed by atoms with Crippen molar-refractivity contribution in [2.24, 2.45) is 18.4 Å². The van der Waals surface area contributed by atoms with E-state index in [2.05, 4.69) is 45.0 Å². The van der Waals surface area contributed by atoms with E-state index in [-0.39, 0.29) is 11.9 Å². The molecule has 4 nitrogen and oxygen atoms in total. The first-order valence-corrected chi connectivity index (χ1v) is 7.39. The van der Waals surface area contributed by atoms with Gasteiger partial charge in [-0.1, -0.05) is 27.7 Å². The van der Waals surface area contributed by atoms with Crippen molar-refractivity contribution in [1.29, 1.82) is 0 Å². The number of nitrogens with zero attached hydrogens (tertiary/aromatic N) is 2. The van der Waals surface area contributed by atoms with Crippen molar-refractivity contribution in [2.45, 2.75) is 60.4 Å². The van der Waals surface area contributed by atoms with E-state index in [4.69, 9.17) is 0 Å². The Morgan fingerprint density at radius 1 is 1.40 bits per heavy atom. The minimum Gasteiger partial charge on any atom is -0.349 e. The first-order chi connectivity index (χ1) is 9.08. The Labute approximate surface area is 122 Å². The molecule has 20 heavy (non-hydrogen) atoms. The Bertz CT molecular complexity index is 457. The molecular formula is C16H29N3O. The summed E-state index contributed by atoms with van der Waals surface area (Å²) in [5, 5.41) is 7.28. The SMILES string of the molecule is Cc1nn(C)cc1C(=O)NC(C)CC(C)CC(C)(C)C. The molecule has 0 aliphatic carbocycles. The summed E-state index contributed by atoms with van der Waals surface area (Å²) in [4.78, 5) is 12.2. The van der Waals surface area contributed by atoms with Crippen molar-refractivity contribution < 1.29 is 4.79 Å². The summed E-state index contributed by atoms with van der Waals surface area (Å²) in [6, 6.07) is 0.180. The third-order valence-electron chi connectivity index (χ3n) is 3.35. The lowest BCUT2D eigenvalue weighted by atomic mass is 9.83. The number of carbonyl (C=O) groups excluding carboxylic acids is 1. The summed E-state index contributed by atoms with van der Waals surface area (Å²) in [5.41, 5.74) is 1.78. The van der Waals surface area contributed by atoms with Crippen molar-refractivity contribution in [1.82, 2.24) is 15.1 Å². The van der Waals surface area contributed by atoms with Crippen LogP contribution in [0.1, 0.15) is 63.5 Å². The third-order valence-corrected chi connectivity index (χ3v) is 3.35. The lowest BCUT2D eigenvalue weighted by Crippen LogP contribution is -2.34. The highest BCUT2D eigenvalue weighted by atomic mass is 16.1. The van der Waals surface area contributed by atoms with Crippen molar-refractivity contribution in [3.05, 3.63) is 17.5 Å². The molecule has 1 heterocycles. The standard InChI is InChI=1S/C16H29N3O/c1-11(9-16(4,5)6)8-12(2)17-15(20)14-10-19(7)18-13(14)3/h10-12H,8-9H2,1-7H3,(H,17,20). The maximum absolute atomic E-state index is 12.2. The first-order valence-electron chi connectivity index (χ1n) is 7.39. The van der Waals surface area contributed by atoms with Gasteiger partial charge in [-0.3, -0.25) is 9.48 Å². The normalized spacial score (nSPS) is 14.9. The van der Waals surface area contributed by atoms with E-state index in [1.54, 1.807) is 10.9 Å². The number of aromatic nitrogens is 2. The Morgan fingerprint density at radius 2 is 2.00 bits per heavy atom. The fraction of sp³-hybridized carbons (Fsp3) is 0.750. The molecule has 2 atom stereocenters. The molecule has 1 N–H and O–H groups in total. The molecule has 0 spiro atoms. The van der Waals surface area contributed by atoms with Gasteiger partial charge in [0.05, 0.1) is 11.3 Å². The van der Waals surface area contributed by atoms with Gasteiger partial charge in [-0.05, 0) is 38.0 Å². The molecule has 1 aromatic heterocycles. The Hall–Kier alpha value is -1.32. The zero-order chi connectivity index (χ0) is 15.5. The van der Waals surface area contributed by atoms with Crippen LogP contribution in [0, 0.1) is 18.3 Å². The highest BCUT2D eigenvalue weighted by Gasteiger charge is 2.19. The summed E-state index contributed by atoms with van der Waals surface area (Å²) < 4.78 is 1.68. The second kappa shape index (κ2) is 6.42. The van der Waals surface area contributed by atoms with E-state index in [1.807, 2.05) is 14.0 Å². The highest BCUT2D eigenvalue weighted by Crippen LogP contribution is 2.26. The van der Waals surface area contributed by atoms with Crippen LogP contribution < -0.4 is 5.32 Å². The van der Waals surface area contributed by atoms with Crippen molar-refractivity contribution >= 4 is 5.91 Å². The highest BCUT2D eigenvalue weighted by molar-refractivity contribution is 5.95. The number of hydrogen-bond acceptors (Lipinski definition) is 2. The van der Waals surface area contributed by atoms with Gasteiger partial charge in [-0.25, -0.2) is 0 Å². The summed E-state index contributed by atoms with van der Waals surface area (Å²) in [5.74, 6) is 0.575. The molecule has 0 aliphatic rings. The molecular weight excluding hydrogens is 250 g/mol. The monoisotopic (exact) mass is 279 g/mol. The number of nitrogens with one attached hydrogen (secondary N) is 1. The van der Waals surface area contributed by atoms with Crippen molar-refractivity contribution in [3.8, 4) is 0 Å². The molecule has 0 aromatic carbocycles. The van der Waals surface area contributed by atoms with Gasteiger partial charge in [0.2, 0.25) is 0 Å². The van der Waals surface area contributed by atoms with Gasteiger partial charge < -0.3 is 5.32 Å². The molecule has 0 radical (unpaired) electrons. The molecule has 4 heteroatoms. The zero-order valence-corrected chi connectivity index (χ0v) is 13.9. The average Bonchev–Trinajstić information content (AvgIpc) is 2.54. The lowest BCUT2D eigenvalue weighted by Gasteiger charge is -2.25. The van der Waals surface area contributed by atoms with Crippen LogP contribution in [-0.4, -0.2) is 21.7 Å². The maximum atomic E-state index is 12.2. The molecule has 0 fully saturated rings. The van der Waals surface area contributed by atoms with Gasteiger partial charge in [0.25, 0.3) is 5.91 Å². The average molecular weight is 279 g/mol. The van der Waals surface area contributed by atoms with Gasteiger partial charge in [0, 0.05) is 19.3 Å². The van der Waals surface area contributed by atoms with Gasteiger partial charge in [-0.2, -0.15) is 5.10 Å². The van der Waals surface area contributed by atoms with Crippen molar-refractivity contribution in [3.63, 3.8) is 0 Å². The lowest BCUT2D eigenvalue weighted by molar-refractivity contribution is 0.0933. The quantitative estimate of drug-likeness (QED) is 0.899. The number of carbonyl (C=O) groups is 1. The molecule has 1 rings (SSSR count). The van der Waals surface area contributed by atoms with Crippen molar-refractivity contribution in [2.75, 3.05) is 0 Å². The maximum Gasteiger partial charge on any atom is 0.254 e. The third kappa shape index (κ3) is 5.35. The number of rotatable bonds is 5. The summed E-state index contributed by atoms with van der Waals surface area (Å²) >= 11 is 0. The number of hydrogen-bond donors (Lipinski definition) is 1. The van der Waals surface area contributed by atoms with Gasteiger partial charge in [0.1, 0.15) is 0 Å².